The lowest BCUT2D eigenvalue weighted by atomic mass is 9.69. The van der Waals surface area contributed by atoms with Crippen LogP contribution in [0.4, 0.5) is 4.39 Å². The second-order valence-electron chi connectivity index (χ2n) is 9.90. The Kier molecular flexibility index (Phi) is 6.67. The van der Waals surface area contributed by atoms with Crippen molar-refractivity contribution < 1.29 is 28.6 Å². The van der Waals surface area contributed by atoms with Gasteiger partial charge < -0.3 is 14.6 Å². The van der Waals surface area contributed by atoms with Crippen LogP contribution in [0.3, 0.4) is 0 Å². The van der Waals surface area contributed by atoms with Gasteiger partial charge in [-0.1, -0.05) is 35.9 Å². The van der Waals surface area contributed by atoms with Crippen LogP contribution in [0.5, 0.6) is 11.5 Å². The highest BCUT2D eigenvalue weighted by Gasteiger charge is 2.56. The van der Waals surface area contributed by atoms with Gasteiger partial charge in [-0.3, -0.25) is 14.5 Å². The van der Waals surface area contributed by atoms with Gasteiger partial charge in [0.25, 0.3) is 0 Å². The molecule has 188 valence electrons. The molecule has 0 spiro atoms. The average Bonchev–Trinajstić information content (AvgIpc) is 3.39. The number of amides is 2. The van der Waals surface area contributed by atoms with E-state index in [1.807, 2.05) is 43.3 Å². The number of likely N-dealkylation sites (tertiary alicyclic amines) is 1. The number of ether oxygens (including phenoxy) is 2. The van der Waals surface area contributed by atoms with Crippen molar-refractivity contribution >= 4 is 17.9 Å². The van der Waals surface area contributed by atoms with Gasteiger partial charge in [-0.15, -0.1) is 0 Å². The van der Waals surface area contributed by atoms with E-state index in [4.69, 9.17) is 9.47 Å². The number of nitrogens with zero attached hydrogens (tertiary/aromatic N) is 1. The molecule has 2 aromatic carbocycles. The number of phenols is 1. The number of hydrogen-bond donors (Lipinski definition) is 1. The first kappa shape index (κ1) is 24.3. The van der Waals surface area contributed by atoms with Gasteiger partial charge in [-0.05, 0) is 67.2 Å². The number of imide groups is 1. The number of rotatable bonds is 7. The van der Waals surface area contributed by atoms with Crippen molar-refractivity contribution in [3.05, 3.63) is 76.6 Å². The molecule has 0 aromatic heterocycles. The highest BCUT2D eigenvalue weighted by Crippen LogP contribution is 2.49. The lowest BCUT2D eigenvalue weighted by Gasteiger charge is -2.31. The number of hydrogen-bond acceptors (Lipinski definition) is 5. The molecule has 2 amide bonds. The number of benzene rings is 2. The van der Waals surface area contributed by atoms with Crippen LogP contribution < -0.4 is 4.74 Å². The van der Waals surface area contributed by atoms with E-state index in [2.05, 4.69) is 0 Å². The van der Waals surface area contributed by atoms with Crippen LogP contribution >= 0.6 is 0 Å². The summed E-state index contributed by atoms with van der Waals surface area (Å²) >= 11 is 0. The standard InChI is InChI=1S/C29H30FNO5/c1-17(12-18-9-10-24(32)23(30)13-18)8-11-25-26-19(15-35-20-6-4-3-5-7-20)14-21-27(22(26)16-36-25)29(34)31(2)28(21)33/h3-7,9-10,12-13,21-22,25,27,32H,8,11,14-16H2,1-2H3/b17-12+/t21-,22+,25-,27-/m1/s1. The first-order valence-electron chi connectivity index (χ1n) is 12.3. The normalized spacial score (nSPS) is 25.9. The first-order chi connectivity index (χ1) is 17.3. The molecule has 2 aliphatic heterocycles. The Morgan fingerprint density at radius 3 is 2.69 bits per heavy atom. The molecule has 0 bridgehead atoms. The molecule has 0 unspecified atom stereocenters. The minimum Gasteiger partial charge on any atom is -0.505 e. The highest BCUT2D eigenvalue weighted by molar-refractivity contribution is 6.05. The summed E-state index contributed by atoms with van der Waals surface area (Å²) in [7, 11) is 1.57. The molecule has 5 rings (SSSR count). The zero-order valence-electron chi connectivity index (χ0n) is 20.4. The molecular formula is C29H30FNO5. The fraction of sp³-hybridized carbons (Fsp3) is 0.379. The molecule has 36 heavy (non-hydrogen) atoms. The Labute approximate surface area is 210 Å². The smallest absolute Gasteiger partial charge is 0.233 e. The van der Waals surface area contributed by atoms with Crippen molar-refractivity contribution in [2.75, 3.05) is 20.3 Å². The molecule has 2 fully saturated rings. The molecule has 1 aliphatic carbocycles. The van der Waals surface area contributed by atoms with Gasteiger partial charge in [-0.25, -0.2) is 4.39 Å². The van der Waals surface area contributed by atoms with E-state index in [9.17, 15) is 19.1 Å². The van der Waals surface area contributed by atoms with E-state index in [-0.39, 0.29) is 41.4 Å². The largest absolute Gasteiger partial charge is 0.505 e. The maximum absolute atomic E-state index is 13.7. The summed E-state index contributed by atoms with van der Waals surface area (Å²) in [5.74, 6) is -1.36. The lowest BCUT2D eigenvalue weighted by Crippen LogP contribution is -2.35. The number of phenolic OH excluding ortho intramolecular Hbond substituents is 1. The lowest BCUT2D eigenvalue weighted by molar-refractivity contribution is -0.138. The predicted molar refractivity (Wildman–Crippen MR) is 133 cm³/mol. The second-order valence-corrected chi connectivity index (χ2v) is 9.90. The summed E-state index contributed by atoms with van der Waals surface area (Å²) < 4.78 is 26.0. The van der Waals surface area contributed by atoms with Crippen molar-refractivity contribution in [3.8, 4) is 11.5 Å². The third-order valence-electron chi connectivity index (χ3n) is 7.57. The number of allylic oxidation sites excluding steroid dienone is 1. The molecule has 3 aliphatic rings. The second kappa shape index (κ2) is 9.90. The Morgan fingerprint density at radius 1 is 1.17 bits per heavy atom. The predicted octanol–water partition coefficient (Wildman–Crippen LogP) is 4.74. The Morgan fingerprint density at radius 2 is 1.94 bits per heavy atom. The topological polar surface area (TPSA) is 76.1 Å². The number of aromatic hydroxyl groups is 1. The number of halogens is 1. The zero-order chi connectivity index (χ0) is 25.4. The van der Waals surface area contributed by atoms with Crippen LogP contribution in [0.2, 0.25) is 0 Å². The van der Waals surface area contributed by atoms with Gasteiger partial charge in [0.1, 0.15) is 12.4 Å². The summed E-state index contributed by atoms with van der Waals surface area (Å²) in [6, 6.07) is 13.9. The number of fused-ring (bicyclic) bond motifs is 3. The van der Waals surface area contributed by atoms with Crippen LogP contribution in [0, 0.1) is 23.6 Å². The highest BCUT2D eigenvalue weighted by atomic mass is 19.1. The molecule has 2 aromatic rings. The molecule has 0 saturated carbocycles. The Hall–Kier alpha value is -3.45. The van der Waals surface area contributed by atoms with Gasteiger partial charge in [0, 0.05) is 13.0 Å². The van der Waals surface area contributed by atoms with E-state index < -0.39 is 5.82 Å². The van der Waals surface area contributed by atoms with Crippen molar-refractivity contribution in [3.63, 3.8) is 0 Å². The number of para-hydroxylation sites is 1. The van der Waals surface area contributed by atoms with Gasteiger partial charge in [0.15, 0.2) is 11.6 Å². The molecule has 7 heteroatoms. The monoisotopic (exact) mass is 491 g/mol. The SMILES string of the molecule is C/C(=C\c1ccc(O)c(F)c1)CC[C@H]1OC[C@H]2C1=C(COc1ccccc1)C[C@H]1C(=O)N(C)C(=O)[C@H]12. The van der Waals surface area contributed by atoms with Crippen LogP contribution in [-0.2, 0) is 14.3 Å². The molecule has 4 atom stereocenters. The zero-order valence-corrected chi connectivity index (χ0v) is 20.4. The fourth-order valence-electron chi connectivity index (χ4n) is 5.78. The van der Waals surface area contributed by atoms with Crippen molar-refractivity contribution in [1.82, 2.24) is 4.90 Å². The molecular weight excluding hydrogens is 461 g/mol. The van der Waals surface area contributed by atoms with Crippen LogP contribution in [0.25, 0.3) is 6.08 Å². The summed E-state index contributed by atoms with van der Waals surface area (Å²) in [6.45, 7) is 2.75. The molecule has 1 N–H and O–H groups in total. The van der Waals surface area contributed by atoms with Gasteiger partial charge in [0.2, 0.25) is 11.8 Å². The van der Waals surface area contributed by atoms with E-state index in [0.29, 0.717) is 31.6 Å². The van der Waals surface area contributed by atoms with Gasteiger partial charge in [0.05, 0.1) is 24.5 Å². The summed E-state index contributed by atoms with van der Waals surface area (Å²) in [4.78, 5) is 27.0. The van der Waals surface area contributed by atoms with Crippen LogP contribution in [-0.4, -0.2) is 48.2 Å². The van der Waals surface area contributed by atoms with Crippen LogP contribution in [0.1, 0.15) is 31.7 Å². The number of carbonyl (C=O) groups is 2. The Balaban J connectivity index is 1.37. The van der Waals surface area contributed by atoms with Gasteiger partial charge >= 0.3 is 0 Å². The van der Waals surface area contributed by atoms with Gasteiger partial charge in [-0.2, -0.15) is 0 Å². The summed E-state index contributed by atoms with van der Waals surface area (Å²) in [6.07, 6.45) is 3.66. The fourth-order valence-corrected chi connectivity index (χ4v) is 5.78. The van der Waals surface area contributed by atoms with E-state index >= 15 is 0 Å². The third kappa shape index (κ3) is 4.55. The minimum atomic E-state index is -0.649. The molecule has 6 nitrogen and oxygen atoms in total. The quantitative estimate of drug-likeness (QED) is 0.447. The summed E-state index contributed by atoms with van der Waals surface area (Å²) in [5, 5.41) is 9.42. The van der Waals surface area contributed by atoms with E-state index in [1.165, 1.54) is 17.0 Å². The van der Waals surface area contributed by atoms with Crippen molar-refractivity contribution in [1.29, 1.82) is 0 Å². The Bertz CT molecular complexity index is 1240. The summed E-state index contributed by atoms with van der Waals surface area (Å²) in [5.41, 5.74) is 3.89. The molecule has 2 heterocycles. The van der Waals surface area contributed by atoms with Crippen molar-refractivity contribution in [2.45, 2.75) is 32.3 Å². The van der Waals surface area contributed by atoms with Crippen LogP contribution in [0.15, 0.2) is 65.3 Å². The maximum atomic E-state index is 13.7. The average molecular weight is 492 g/mol. The minimum absolute atomic E-state index is 0.120. The molecule has 0 radical (unpaired) electrons. The third-order valence-corrected chi connectivity index (χ3v) is 7.57. The van der Waals surface area contributed by atoms with Crippen molar-refractivity contribution in [2.24, 2.45) is 17.8 Å². The van der Waals surface area contributed by atoms with E-state index in [0.717, 1.165) is 28.9 Å². The first-order valence-corrected chi connectivity index (χ1v) is 12.3. The maximum Gasteiger partial charge on any atom is 0.233 e. The number of carbonyl (C=O) groups excluding carboxylic acids is 2. The van der Waals surface area contributed by atoms with E-state index in [1.54, 1.807) is 13.1 Å². The molecule has 2 saturated heterocycles.